The van der Waals surface area contributed by atoms with Gasteiger partial charge in [-0.15, -0.1) is 11.3 Å². The first-order valence-corrected chi connectivity index (χ1v) is 9.37. The third-order valence-electron chi connectivity index (χ3n) is 3.97. The molecule has 0 atom stereocenters. The van der Waals surface area contributed by atoms with E-state index in [9.17, 15) is 4.79 Å². The molecule has 134 valence electrons. The fraction of sp³-hybridized carbons (Fsp3) is 0.100. The molecule has 1 aromatic carbocycles. The molecule has 7 heteroatoms. The predicted molar refractivity (Wildman–Crippen MR) is 105 cm³/mol. The molecule has 2 N–H and O–H groups in total. The topological polar surface area (TPSA) is 83.6 Å². The number of hydrogen-bond acceptors (Lipinski definition) is 5. The molecule has 4 aromatic rings. The Morgan fingerprint density at radius 3 is 2.74 bits per heavy atom. The molecule has 27 heavy (non-hydrogen) atoms. The van der Waals surface area contributed by atoms with Crippen LogP contribution in [0.15, 0.2) is 66.4 Å². The third-order valence-corrected chi connectivity index (χ3v) is 4.91. The zero-order valence-corrected chi connectivity index (χ0v) is 15.2. The number of rotatable bonds is 6. The molecule has 0 fully saturated rings. The molecular formula is C20H17N5OS. The molecule has 0 saturated heterocycles. The van der Waals surface area contributed by atoms with Gasteiger partial charge in [-0.2, -0.15) is 0 Å². The van der Waals surface area contributed by atoms with Crippen LogP contribution in [0.3, 0.4) is 0 Å². The molecule has 1 amide bonds. The van der Waals surface area contributed by atoms with Gasteiger partial charge in [-0.05, 0) is 17.7 Å². The van der Waals surface area contributed by atoms with Crippen molar-refractivity contribution >= 4 is 17.2 Å². The minimum absolute atomic E-state index is 0.0873. The van der Waals surface area contributed by atoms with Crippen molar-refractivity contribution in [2.45, 2.75) is 13.0 Å². The lowest BCUT2D eigenvalue weighted by molar-refractivity contribution is -0.120. The summed E-state index contributed by atoms with van der Waals surface area (Å²) in [6.07, 6.45) is 5.51. The normalized spacial score (nSPS) is 10.7. The summed E-state index contributed by atoms with van der Waals surface area (Å²) in [5, 5.41) is 5.65. The summed E-state index contributed by atoms with van der Waals surface area (Å²) in [4.78, 5) is 28.4. The van der Waals surface area contributed by atoms with E-state index in [1.807, 2.05) is 47.8 Å². The lowest BCUT2D eigenvalue weighted by Gasteiger charge is -2.02. The number of hydrogen-bond donors (Lipinski definition) is 2. The maximum Gasteiger partial charge on any atom is 0.226 e. The Bertz CT molecular complexity index is 1030. The Kier molecular flexibility index (Phi) is 5.02. The maximum absolute atomic E-state index is 12.2. The Morgan fingerprint density at radius 2 is 1.93 bits per heavy atom. The molecule has 0 unspecified atom stereocenters. The summed E-state index contributed by atoms with van der Waals surface area (Å²) in [5.41, 5.74) is 3.70. The highest BCUT2D eigenvalue weighted by molar-refractivity contribution is 7.13. The molecule has 0 radical (unpaired) electrons. The van der Waals surface area contributed by atoms with Crippen LogP contribution in [-0.4, -0.2) is 25.8 Å². The number of aromatic amines is 1. The molecule has 0 spiro atoms. The summed E-state index contributed by atoms with van der Waals surface area (Å²) in [6, 6.07) is 13.8. The Hall–Kier alpha value is -3.32. The number of nitrogens with one attached hydrogen (secondary N) is 2. The van der Waals surface area contributed by atoms with Crippen LogP contribution >= 0.6 is 11.3 Å². The zero-order chi connectivity index (χ0) is 18.5. The van der Waals surface area contributed by atoms with E-state index in [0.717, 1.165) is 33.3 Å². The van der Waals surface area contributed by atoms with Crippen molar-refractivity contribution in [3.05, 3.63) is 78.0 Å². The van der Waals surface area contributed by atoms with Gasteiger partial charge >= 0.3 is 0 Å². The second kappa shape index (κ2) is 7.92. The van der Waals surface area contributed by atoms with Gasteiger partial charge in [0.1, 0.15) is 10.8 Å². The van der Waals surface area contributed by atoms with Gasteiger partial charge in [-0.25, -0.2) is 9.97 Å². The van der Waals surface area contributed by atoms with Crippen molar-refractivity contribution in [2.24, 2.45) is 0 Å². The summed E-state index contributed by atoms with van der Waals surface area (Å²) in [5.74, 6) is 0.632. The zero-order valence-electron chi connectivity index (χ0n) is 14.4. The van der Waals surface area contributed by atoms with Crippen molar-refractivity contribution < 1.29 is 4.79 Å². The molecule has 0 bridgehead atoms. The van der Waals surface area contributed by atoms with Crippen LogP contribution in [0.1, 0.15) is 11.5 Å². The van der Waals surface area contributed by atoms with Crippen LogP contribution in [0.4, 0.5) is 0 Å². The highest BCUT2D eigenvalue weighted by Gasteiger charge is 2.10. The first kappa shape index (κ1) is 17.1. The predicted octanol–water partition coefficient (Wildman–Crippen LogP) is 3.45. The second-order valence-electron chi connectivity index (χ2n) is 5.95. The van der Waals surface area contributed by atoms with Gasteiger partial charge in [-0.3, -0.25) is 9.78 Å². The van der Waals surface area contributed by atoms with Gasteiger partial charge in [-0.1, -0.05) is 30.3 Å². The van der Waals surface area contributed by atoms with E-state index in [0.29, 0.717) is 6.54 Å². The van der Waals surface area contributed by atoms with Crippen molar-refractivity contribution in [2.75, 3.05) is 0 Å². The van der Waals surface area contributed by atoms with E-state index in [2.05, 4.69) is 25.3 Å². The number of carbonyl (C=O) groups excluding carboxylic acids is 1. The number of imidazole rings is 1. The Balaban J connectivity index is 1.33. The summed E-state index contributed by atoms with van der Waals surface area (Å²) >= 11 is 1.51. The molecule has 0 saturated carbocycles. The first-order chi connectivity index (χ1) is 13.3. The number of benzene rings is 1. The smallest absolute Gasteiger partial charge is 0.226 e. The summed E-state index contributed by atoms with van der Waals surface area (Å²) in [6.45, 7) is 0.352. The highest BCUT2D eigenvalue weighted by Crippen LogP contribution is 2.22. The molecular weight excluding hydrogens is 358 g/mol. The van der Waals surface area contributed by atoms with Gasteiger partial charge in [0.25, 0.3) is 0 Å². The SMILES string of the molecule is O=C(Cc1csc(-c2cccnc2)n1)NCc1ncc(-c2ccccc2)[nH]1. The molecule has 6 nitrogen and oxygen atoms in total. The van der Waals surface area contributed by atoms with E-state index in [4.69, 9.17) is 0 Å². The fourth-order valence-electron chi connectivity index (χ4n) is 2.64. The van der Waals surface area contributed by atoms with Crippen LogP contribution in [0, 0.1) is 0 Å². The van der Waals surface area contributed by atoms with Gasteiger partial charge < -0.3 is 10.3 Å². The van der Waals surface area contributed by atoms with E-state index < -0.39 is 0 Å². The summed E-state index contributed by atoms with van der Waals surface area (Å²) < 4.78 is 0. The van der Waals surface area contributed by atoms with E-state index in [1.54, 1.807) is 18.6 Å². The van der Waals surface area contributed by atoms with E-state index in [-0.39, 0.29) is 12.3 Å². The van der Waals surface area contributed by atoms with Crippen molar-refractivity contribution in [1.29, 1.82) is 0 Å². The molecule has 4 rings (SSSR count). The average molecular weight is 375 g/mol. The van der Waals surface area contributed by atoms with Gasteiger partial charge in [0.2, 0.25) is 5.91 Å². The molecule has 0 aliphatic heterocycles. The third kappa shape index (κ3) is 4.27. The number of pyridine rings is 1. The van der Waals surface area contributed by atoms with Crippen molar-refractivity contribution in [1.82, 2.24) is 25.3 Å². The van der Waals surface area contributed by atoms with Gasteiger partial charge in [0.05, 0.1) is 30.6 Å². The average Bonchev–Trinajstić information content (AvgIpc) is 3.37. The van der Waals surface area contributed by atoms with Crippen LogP contribution in [0.5, 0.6) is 0 Å². The van der Waals surface area contributed by atoms with Crippen LogP contribution < -0.4 is 5.32 Å². The number of thiazole rings is 1. The number of H-pyrrole nitrogens is 1. The van der Waals surface area contributed by atoms with Crippen LogP contribution in [-0.2, 0) is 17.8 Å². The minimum Gasteiger partial charge on any atom is -0.349 e. The summed E-state index contributed by atoms with van der Waals surface area (Å²) in [7, 11) is 0. The van der Waals surface area contributed by atoms with Gasteiger partial charge in [0.15, 0.2) is 0 Å². The molecule has 0 aliphatic rings. The second-order valence-corrected chi connectivity index (χ2v) is 6.81. The van der Waals surface area contributed by atoms with Crippen LogP contribution in [0.25, 0.3) is 21.8 Å². The maximum atomic E-state index is 12.2. The Morgan fingerprint density at radius 1 is 1.07 bits per heavy atom. The molecule has 3 heterocycles. The Labute approximate surface area is 160 Å². The number of carbonyl (C=O) groups is 1. The van der Waals surface area contributed by atoms with E-state index >= 15 is 0 Å². The highest BCUT2D eigenvalue weighted by atomic mass is 32.1. The van der Waals surface area contributed by atoms with E-state index in [1.165, 1.54) is 11.3 Å². The fourth-order valence-corrected chi connectivity index (χ4v) is 3.45. The van der Waals surface area contributed by atoms with Gasteiger partial charge in [0, 0.05) is 23.3 Å². The lowest BCUT2D eigenvalue weighted by Crippen LogP contribution is -2.25. The quantitative estimate of drug-likeness (QED) is 0.541. The standard InChI is InChI=1S/C20H17N5OS/c26-19(9-16-13-27-20(24-16)15-7-4-8-21-10-15)23-12-18-22-11-17(25-18)14-5-2-1-3-6-14/h1-8,10-11,13H,9,12H2,(H,22,25)(H,23,26). The monoisotopic (exact) mass is 375 g/mol. The first-order valence-electron chi connectivity index (χ1n) is 8.49. The molecule has 3 aromatic heterocycles. The largest absolute Gasteiger partial charge is 0.349 e. The van der Waals surface area contributed by atoms with Crippen molar-refractivity contribution in [3.8, 4) is 21.8 Å². The minimum atomic E-state index is -0.0873. The number of aromatic nitrogens is 4. The van der Waals surface area contributed by atoms with Crippen LogP contribution in [0.2, 0.25) is 0 Å². The lowest BCUT2D eigenvalue weighted by atomic mass is 10.2. The molecule has 0 aliphatic carbocycles. The van der Waals surface area contributed by atoms with Crippen molar-refractivity contribution in [3.63, 3.8) is 0 Å². The number of amides is 1. The number of nitrogens with zero attached hydrogens (tertiary/aromatic N) is 3.